The molecule has 1 fully saturated rings. The molecule has 0 aromatic heterocycles. The summed E-state index contributed by atoms with van der Waals surface area (Å²) in [6.45, 7) is 8.33. The van der Waals surface area contributed by atoms with Gasteiger partial charge in [-0.2, -0.15) is 0 Å². The molecular formula is C15H31N. The van der Waals surface area contributed by atoms with Crippen molar-refractivity contribution in [3.63, 3.8) is 0 Å². The van der Waals surface area contributed by atoms with Crippen LogP contribution in [0.15, 0.2) is 0 Å². The Kier molecular flexibility index (Phi) is 7.11. The van der Waals surface area contributed by atoms with Crippen molar-refractivity contribution in [2.45, 2.75) is 78.2 Å². The predicted molar refractivity (Wildman–Crippen MR) is 72.7 cm³/mol. The summed E-state index contributed by atoms with van der Waals surface area (Å²) in [7, 11) is 0. The number of unbranched alkanes of at least 4 members (excludes halogenated alkanes) is 2. The van der Waals surface area contributed by atoms with Crippen molar-refractivity contribution < 1.29 is 0 Å². The molecule has 0 spiro atoms. The molecule has 0 aromatic rings. The first-order valence-corrected chi connectivity index (χ1v) is 7.47. The minimum Gasteiger partial charge on any atom is -0.314 e. The highest BCUT2D eigenvalue weighted by Gasteiger charge is 2.21. The third kappa shape index (κ3) is 5.34. The van der Waals surface area contributed by atoms with Crippen LogP contribution >= 0.6 is 0 Å². The molecule has 96 valence electrons. The van der Waals surface area contributed by atoms with E-state index in [4.69, 9.17) is 0 Å². The van der Waals surface area contributed by atoms with Crippen molar-refractivity contribution >= 4 is 0 Å². The molecule has 0 aromatic carbocycles. The van der Waals surface area contributed by atoms with Crippen molar-refractivity contribution in [1.82, 2.24) is 5.32 Å². The largest absolute Gasteiger partial charge is 0.314 e. The molecule has 0 amide bonds. The number of nitrogens with one attached hydrogen (secondary N) is 1. The summed E-state index contributed by atoms with van der Waals surface area (Å²) in [6, 6.07) is 0.723. The SMILES string of the molecule is CCCCCC(C)NCC1CCCCC1C. The number of rotatable bonds is 7. The molecule has 1 nitrogen and oxygen atoms in total. The molecule has 0 bridgehead atoms. The summed E-state index contributed by atoms with van der Waals surface area (Å²) in [5, 5.41) is 3.74. The maximum Gasteiger partial charge on any atom is 0.00388 e. The Hall–Kier alpha value is -0.0400. The Morgan fingerprint density at radius 2 is 1.94 bits per heavy atom. The van der Waals surface area contributed by atoms with Gasteiger partial charge in [-0.1, -0.05) is 52.4 Å². The molecule has 0 aliphatic heterocycles. The topological polar surface area (TPSA) is 12.0 Å². The molecule has 0 saturated heterocycles. The van der Waals surface area contributed by atoms with E-state index in [2.05, 4.69) is 26.1 Å². The van der Waals surface area contributed by atoms with Crippen LogP contribution in [-0.2, 0) is 0 Å². The standard InChI is InChI=1S/C15H31N/c1-4-5-6-10-14(3)16-12-15-11-8-7-9-13(15)2/h13-16H,4-12H2,1-3H3. The molecule has 0 radical (unpaired) electrons. The zero-order valence-electron chi connectivity index (χ0n) is 11.6. The molecule has 1 aliphatic rings. The van der Waals surface area contributed by atoms with Gasteiger partial charge in [-0.05, 0) is 38.1 Å². The second-order valence-corrected chi connectivity index (χ2v) is 5.83. The first kappa shape index (κ1) is 14.0. The third-order valence-corrected chi connectivity index (χ3v) is 4.26. The Morgan fingerprint density at radius 3 is 2.62 bits per heavy atom. The maximum atomic E-state index is 3.74. The Labute approximate surface area is 102 Å². The fourth-order valence-corrected chi connectivity index (χ4v) is 2.85. The maximum absolute atomic E-state index is 3.74. The van der Waals surface area contributed by atoms with Crippen LogP contribution < -0.4 is 5.32 Å². The summed E-state index contributed by atoms with van der Waals surface area (Å²) in [6.07, 6.45) is 11.3. The van der Waals surface area contributed by atoms with Crippen molar-refractivity contribution in [1.29, 1.82) is 0 Å². The number of hydrogen-bond donors (Lipinski definition) is 1. The Bertz CT molecular complexity index is 167. The summed E-state index contributed by atoms with van der Waals surface area (Å²) < 4.78 is 0. The number of hydrogen-bond acceptors (Lipinski definition) is 1. The lowest BCUT2D eigenvalue weighted by atomic mass is 9.80. The first-order chi connectivity index (χ1) is 7.74. The minimum atomic E-state index is 0.723. The minimum absolute atomic E-state index is 0.723. The van der Waals surface area contributed by atoms with E-state index in [0.29, 0.717) is 0 Å². The van der Waals surface area contributed by atoms with Crippen molar-refractivity contribution in [2.24, 2.45) is 11.8 Å². The van der Waals surface area contributed by atoms with E-state index in [1.807, 2.05) is 0 Å². The van der Waals surface area contributed by atoms with Gasteiger partial charge in [0.15, 0.2) is 0 Å². The third-order valence-electron chi connectivity index (χ3n) is 4.26. The Balaban J connectivity index is 2.07. The van der Waals surface area contributed by atoms with Crippen LogP contribution in [0.5, 0.6) is 0 Å². The lowest BCUT2D eigenvalue weighted by Crippen LogP contribution is -2.34. The molecule has 3 unspecified atom stereocenters. The second kappa shape index (κ2) is 8.11. The van der Waals surface area contributed by atoms with Gasteiger partial charge < -0.3 is 5.32 Å². The molecule has 3 atom stereocenters. The van der Waals surface area contributed by atoms with Crippen molar-refractivity contribution in [3.8, 4) is 0 Å². The van der Waals surface area contributed by atoms with E-state index in [1.54, 1.807) is 0 Å². The van der Waals surface area contributed by atoms with Crippen LogP contribution in [-0.4, -0.2) is 12.6 Å². The zero-order chi connectivity index (χ0) is 11.8. The molecule has 0 heterocycles. The van der Waals surface area contributed by atoms with Gasteiger partial charge in [0.2, 0.25) is 0 Å². The fourth-order valence-electron chi connectivity index (χ4n) is 2.85. The molecule has 1 rings (SSSR count). The van der Waals surface area contributed by atoms with E-state index >= 15 is 0 Å². The van der Waals surface area contributed by atoms with Crippen molar-refractivity contribution in [3.05, 3.63) is 0 Å². The van der Waals surface area contributed by atoms with Crippen LogP contribution in [0.3, 0.4) is 0 Å². The van der Waals surface area contributed by atoms with Gasteiger partial charge in [-0.25, -0.2) is 0 Å². The van der Waals surface area contributed by atoms with E-state index in [1.165, 1.54) is 57.9 Å². The van der Waals surface area contributed by atoms with E-state index in [-0.39, 0.29) is 0 Å². The summed E-state index contributed by atoms with van der Waals surface area (Å²) in [4.78, 5) is 0. The Morgan fingerprint density at radius 1 is 1.19 bits per heavy atom. The molecule has 1 aliphatic carbocycles. The zero-order valence-corrected chi connectivity index (χ0v) is 11.6. The van der Waals surface area contributed by atoms with Gasteiger partial charge in [-0.15, -0.1) is 0 Å². The lowest BCUT2D eigenvalue weighted by molar-refractivity contribution is 0.240. The summed E-state index contributed by atoms with van der Waals surface area (Å²) >= 11 is 0. The van der Waals surface area contributed by atoms with E-state index in [0.717, 1.165) is 17.9 Å². The molecule has 1 heteroatoms. The molecule has 1 N–H and O–H groups in total. The quantitative estimate of drug-likeness (QED) is 0.634. The van der Waals surface area contributed by atoms with Crippen LogP contribution in [0.25, 0.3) is 0 Å². The van der Waals surface area contributed by atoms with Crippen LogP contribution in [0, 0.1) is 11.8 Å². The van der Waals surface area contributed by atoms with Gasteiger partial charge in [0.05, 0.1) is 0 Å². The predicted octanol–water partition coefficient (Wildman–Crippen LogP) is 4.37. The summed E-state index contributed by atoms with van der Waals surface area (Å²) in [5.41, 5.74) is 0. The van der Waals surface area contributed by atoms with E-state index in [9.17, 15) is 0 Å². The van der Waals surface area contributed by atoms with Gasteiger partial charge in [0.25, 0.3) is 0 Å². The van der Waals surface area contributed by atoms with Gasteiger partial charge in [0, 0.05) is 6.04 Å². The summed E-state index contributed by atoms with van der Waals surface area (Å²) in [5.74, 6) is 1.89. The smallest absolute Gasteiger partial charge is 0.00388 e. The van der Waals surface area contributed by atoms with Gasteiger partial charge in [-0.3, -0.25) is 0 Å². The van der Waals surface area contributed by atoms with Gasteiger partial charge >= 0.3 is 0 Å². The highest BCUT2D eigenvalue weighted by atomic mass is 14.9. The van der Waals surface area contributed by atoms with Crippen LogP contribution in [0.1, 0.15) is 72.1 Å². The monoisotopic (exact) mass is 225 g/mol. The van der Waals surface area contributed by atoms with Crippen LogP contribution in [0.4, 0.5) is 0 Å². The molecule has 16 heavy (non-hydrogen) atoms. The lowest BCUT2D eigenvalue weighted by Gasteiger charge is -2.30. The second-order valence-electron chi connectivity index (χ2n) is 5.83. The normalized spacial score (nSPS) is 27.9. The highest BCUT2D eigenvalue weighted by Crippen LogP contribution is 2.28. The first-order valence-electron chi connectivity index (χ1n) is 7.47. The van der Waals surface area contributed by atoms with Crippen LogP contribution in [0.2, 0.25) is 0 Å². The van der Waals surface area contributed by atoms with Gasteiger partial charge in [0.1, 0.15) is 0 Å². The highest BCUT2D eigenvalue weighted by molar-refractivity contribution is 4.75. The fraction of sp³-hybridized carbons (Fsp3) is 1.00. The van der Waals surface area contributed by atoms with E-state index < -0.39 is 0 Å². The molecule has 1 saturated carbocycles. The van der Waals surface area contributed by atoms with Crippen molar-refractivity contribution in [2.75, 3.05) is 6.54 Å². The average molecular weight is 225 g/mol. The molecular weight excluding hydrogens is 194 g/mol. The average Bonchev–Trinajstić information content (AvgIpc) is 2.28.